The molecule has 88 valence electrons. The number of nitrogens with one attached hydrogen (secondary N) is 2. The molecule has 1 amide bonds. The van der Waals surface area contributed by atoms with Crippen LogP contribution in [0, 0.1) is 0 Å². The third kappa shape index (κ3) is 9.01. The lowest BCUT2D eigenvalue weighted by atomic mass is 10.3. The molecule has 6 heteroatoms. The minimum Gasteiger partial charge on any atom is -0.409 e. The van der Waals surface area contributed by atoms with Crippen LogP contribution in [-0.2, 0) is 4.79 Å². The summed E-state index contributed by atoms with van der Waals surface area (Å²) >= 11 is 0. The second-order valence-electron chi connectivity index (χ2n) is 3.15. The van der Waals surface area contributed by atoms with E-state index >= 15 is 0 Å². The van der Waals surface area contributed by atoms with E-state index in [2.05, 4.69) is 15.8 Å². The SMILES string of the molecule is CCNC(=O)CCNCCCC(N)=NO. The van der Waals surface area contributed by atoms with Gasteiger partial charge in [-0.3, -0.25) is 4.79 Å². The fraction of sp³-hybridized carbons (Fsp3) is 0.778. The third-order valence-electron chi connectivity index (χ3n) is 1.82. The van der Waals surface area contributed by atoms with Crippen molar-refractivity contribution in [3.8, 4) is 0 Å². The minimum atomic E-state index is 0.0569. The number of carbonyl (C=O) groups excluding carboxylic acids is 1. The van der Waals surface area contributed by atoms with E-state index in [0.717, 1.165) is 13.0 Å². The molecule has 0 saturated carbocycles. The minimum absolute atomic E-state index is 0.0569. The van der Waals surface area contributed by atoms with E-state index in [0.29, 0.717) is 25.9 Å². The molecule has 0 aromatic carbocycles. The van der Waals surface area contributed by atoms with Gasteiger partial charge in [0.15, 0.2) is 0 Å². The summed E-state index contributed by atoms with van der Waals surface area (Å²) in [5, 5.41) is 16.9. The Labute approximate surface area is 89.9 Å². The summed E-state index contributed by atoms with van der Waals surface area (Å²) in [5.41, 5.74) is 5.28. The Hall–Kier alpha value is -1.30. The number of hydrogen-bond donors (Lipinski definition) is 4. The van der Waals surface area contributed by atoms with E-state index < -0.39 is 0 Å². The van der Waals surface area contributed by atoms with E-state index in [-0.39, 0.29) is 11.7 Å². The molecule has 6 nitrogen and oxygen atoms in total. The highest BCUT2D eigenvalue weighted by molar-refractivity contribution is 5.79. The summed E-state index contributed by atoms with van der Waals surface area (Å²) in [6.45, 7) is 3.97. The molecule has 5 N–H and O–H groups in total. The van der Waals surface area contributed by atoms with Gasteiger partial charge in [-0.15, -0.1) is 0 Å². The van der Waals surface area contributed by atoms with Crippen LogP contribution in [0.4, 0.5) is 0 Å². The second-order valence-corrected chi connectivity index (χ2v) is 3.15. The van der Waals surface area contributed by atoms with Gasteiger partial charge in [-0.1, -0.05) is 5.16 Å². The topological polar surface area (TPSA) is 99.7 Å². The Bertz CT molecular complexity index is 206. The highest BCUT2D eigenvalue weighted by atomic mass is 16.4. The molecule has 0 bridgehead atoms. The van der Waals surface area contributed by atoms with Crippen molar-refractivity contribution in [3.63, 3.8) is 0 Å². The van der Waals surface area contributed by atoms with Crippen molar-refractivity contribution in [2.75, 3.05) is 19.6 Å². The second kappa shape index (κ2) is 9.26. The largest absolute Gasteiger partial charge is 0.409 e. The molecule has 0 heterocycles. The lowest BCUT2D eigenvalue weighted by molar-refractivity contribution is -0.120. The summed E-state index contributed by atoms with van der Waals surface area (Å²) in [7, 11) is 0. The average molecular weight is 216 g/mol. The van der Waals surface area contributed by atoms with Crippen LogP contribution < -0.4 is 16.4 Å². The van der Waals surface area contributed by atoms with Crippen LogP contribution in [0.3, 0.4) is 0 Å². The van der Waals surface area contributed by atoms with Gasteiger partial charge in [0, 0.05) is 25.9 Å². The summed E-state index contributed by atoms with van der Waals surface area (Å²) in [6.07, 6.45) is 1.84. The number of nitrogens with two attached hydrogens (primary N) is 1. The normalized spacial score (nSPS) is 11.4. The molecule has 0 unspecified atom stereocenters. The van der Waals surface area contributed by atoms with Crippen LogP contribution >= 0.6 is 0 Å². The Morgan fingerprint density at radius 1 is 1.40 bits per heavy atom. The molecular weight excluding hydrogens is 196 g/mol. The predicted octanol–water partition coefficient (Wildman–Crippen LogP) is -0.371. The fourth-order valence-corrected chi connectivity index (χ4v) is 1.06. The number of rotatable bonds is 8. The van der Waals surface area contributed by atoms with Gasteiger partial charge in [0.25, 0.3) is 0 Å². The van der Waals surface area contributed by atoms with Crippen molar-refractivity contribution in [2.45, 2.75) is 26.2 Å². The van der Waals surface area contributed by atoms with Crippen molar-refractivity contribution in [3.05, 3.63) is 0 Å². The standard InChI is InChI=1S/C9H20N4O2/c1-2-12-9(14)5-7-11-6-3-4-8(10)13-15/h11,15H,2-7H2,1H3,(H2,10,13)(H,12,14). The summed E-state index contributed by atoms with van der Waals surface area (Å²) in [5.74, 6) is 0.293. The van der Waals surface area contributed by atoms with Gasteiger partial charge >= 0.3 is 0 Å². The highest BCUT2D eigenvalue weighted by Gasteiger charge is 1.98. The first-order valence-corrected chi connectivity index (χ1v) is 5.14. The maximum Gasteiger partial charge on any atom is 0.221 e. The van der Waals surface area contributed by atoms with Crippen molar-refractivity contribution in [1.82, 2.24) is 10.6 Å². The molecule has 0 atom stereocenters. The van der Waals surface area contributed by atoms with Crippen LogP contribution in [0.25, 0.3) is 0 Å². The van der Waals surface area contributed by atoms with Gasteiger partial charge in [-0.05, 0) is 19.9 Å². The molecule has 0 aromatic heterocycles. The molecular formula is C9H20N4O2. The van der Waals surface area contributed by atoms with E-state index in [9.17, 15) is 4.79 Å². The van der Waals surface area contributed by atoms with Gasteiger partial charge in [-0.25, -0.2) is 0 Å². The maximum atomic E-state index is 11.0. The number of amides is 1. The Morgan fingerprint density at radius 2 is 2.13 bits per heavy atom. The lowest BCUT2D eigenvalue weighted by Gasteiger charge is -2.04. The zero-order chi connectivity index (χ0) is 11.5. The molecule has 0 saturated heterocycles. The van der Waals surface area contributed by atoms with Crippen LogP contribution in [0.15, 0.2) is 5.16 Å². The van der Waals surface area contributed by atoms with Crippen LogP contribution in [0.1, 0.15) is 26.2 Å². The first kappa shape index (κ1) is 13.7. The van der Waals surface area contributed by atoms with Crippen LogP contribution in [0.2, 0.25) is 0 Å². The van der Waals surface area contributed by atoms with Crippen molar-refractivity contribution < 1.29 is 10.0 Å². The monoisotopic (exact) mass is 216 g/mol. The van der Waals surface area contributed by atoms with Gasteiger partial charge in [0.05, 0.1) is 0 Å². The highest BCUT2D eigenvalue weighted by Crippen LogP contribution is 1.86. The first-order chi connectivity index (χ1) is 7.20. The average Bonchev–Trinajstić information content (AvgIpc) is 2.23. The van der Waals surface area contributed by atoms with E-state index in [1.54, 1.807) is 0 Å². The maximum absolute atomic E-state index is 11.0. The fourth-order valence-electron chi connectivity index (χ4n) is 1.06. The number of amidine groups is 1. The summed E-state index contributed by atoms with van der Waals surface area (Å²) in [6, 6.07) is 0. The molecule has 15 heavy (non-hydrogen) atoms. The van der Waals surface area contributed by atoms with Gasteiger partial charge in [-0.2, -0.15) is 0 Å². The number of nitrogens with zero attached hydrogens (tertiary/aromatic N) is 1. The summed E-state index contributed by atoms with van der Waals surface area (Å²) in [4.78, 5) is 11.0. The van der Waals surface area contributed by atoms with Crippen molar-refractivity contribution in [1.29, 1.82) is 0 Å². The molecule has 0 fully saturated rings. The predicted molar refractivity (Wildman–Crippen MR) is 58.8 cm³/mol. The number of carbonyl (C=O) groups is 1. The summed E-state index contributed by atoms with van der Waals surface area (Å²) < 4.78 is 0. The molecule has 0 spiro atoms. The molecule has 0 radical (unpaired) electrons. The van der Waals surface area contributed by atoms with E-state index in [1.165, 1.54) is 0 Å². The Balaban J connectivity index is 3.21. The smallest absolute Gasteiger partial charge is 0.221 e. The van der Waals surface area contributed by atoms with Crippen LogP contribution in [0.5, 0.6) is 0 Å². The van der Waals surface area contributed by atoms with Crippen molar-refractivity contribution >= 4 is 11.7 Å². The number of hydrogen-bond acceptors (Lipinski definition) is 4. The van der Waals surface area contributed by atoms with Crippen molar-refractivity contribution in [2.24, 2.45) is 10.9 Å². The zero-order valence-electron chi connectivity index (χ0n) is 9.12. The molecule has 0 aliphatic carbocycles. The Kier molecular flexibility index (Phi) is 8.46. The quantitative estimate of drug-likeness (QED) is 0.146. The third-order valence-corrected chi connectivity index (χ3v) is 1.82. The molecule has 0 aromatic rings. The molecule has 0 aliphatic heterocycles. The van der Waals surface area contributed by atoms with E-state index in [4.69, 9.17) is 10.9 Å². The first-order valence-electron chi connectivity index (χ1n) is 5.14. The lowest BCUT2D eigenvalue weighted by Crippen LogP contribution is -2.28. The van der Waals surface area contributed by atoms with E-state index in [1.807, 2.05) is 6.92 Å². The van der Waals surface area contributed by atoms with Gasteiger partial charge < -0.3 is 21.6 Å². The Morgan fingerprint density at radius 3 is 2.73 bits per heavy atom. The van der Waals surface area contributed by atoms with Gasteiger partial charge in [0.1, 0.15) is 5.84 Å². The number of oxime groups is 1. The molecule has 0 rings (SSSR count). The molecule has 0 aliphatic rings. The van der Waals surface area contributed by atoms with Crippen LogP contribution in [-0.4, -0.2) is 36.6 Å². The zero-order valence-corrected chi connectivity index (χ0v) is 9.12. The van der Waals surface area contributed by atoms with Gasteiger partial charge in [0.2, 0.25) is 5.91 Å².